The molecule has 0 saturated carbocycles. The van der Waals surface area contributed by atoms with E-state index >= 15 is 0 Å². The van der Waals surface area contributed by atoms with Crippen LogP contribution in [0.4, 0.5) is 10.1 Å². The van der Waals surface area contributed by atoms with Crippen molar-refractivity contribution in [2.24, 2.45) is 5.92 Å². The van der Waals surface area contributed by atoms with Gasteiger partial charge in [-0.2, -0.15) is 0 Å². The summed E-state index contributed by atoms with van der Waals surface area (Å²) in [5, 5.41) is 0. The molecule has 0 saturated heterocycles. The minimum Gasteiger partial charge on any atom is -0.396 e. The molecule has 1 aromatic carbocycles. The third kappa shape index (κ3) is 1.60. The fourth-order valence-electron chi connectivity index (χ4n) is 3.01. The van der Waals surface area contributed by atoms with Gasteiger partial charge in [-0.15, -0.1) is 0 Å². The fraction of sp³-hybridized carbons (Fsp3) is 0.357. The number of fused-ring (bicyclic) bond motifs is 1. The second kappa shape index (κ2) is 4.12. The molecule has 94 valence electrons. The molecule has 0 aliphatic heterocycles. The molecule has 0 bridgehead atoms. The Morgan fingerprint density at radius 1 is 1.50 bits per heavy atom. The quantitative estimate of drug-likeness (QED) is 0.799. The van der Waals surface area contributed by atoms with E-state index in [0.29, 0.717) is 5.92 Å². The maximum Gasteiger partial charge on any atom is 0.146 e. The molecule has 1 heterocycles. The van der Waals surface area contributed by atoms with Gasteiger partial charge in [0.15, 0.2) is 0 Å². The van der Waals surface area contributed by atoms with Crippen LogP contribution in [0.2, 0.25) is 0 Å². The van der Waals surface area contributed by atoms with E-state index in [-0.39, 0.29) is 17.4 Å². The Hall–Kier alpha value is -1.84. The predicted octanol–water partition coefficient (Wildman–Crippen LogP) is 2.85. The Labute approximate surface area is 105 Å². The van der Waals surface area contributed by atoms with E-state index in [1.54, 1.807) is 18.5 Å². The maximum atomic E-state index is 13.7. The molecular weight excluding hydrogens is 229 g/mol. The normalized spacial score (nSPS) is 22.1. The SMILES string of the molecule is CCC1Cc2cc(N)c(F)cc2C1c1cnc[nH]1. The first-order valence-corrected chi connectivity index (χ1v) is 6.26. The van der Waals surface area contributed by atoms with Gasteiger partial charge in [-0.1, -0.05) is 13.3 Å². The number of imidazole rings is 1. The van der Waals surface area contributed by atoms with Crippen LogP contribution in [0.15, 0.2) is 24.7 Å². The standard InChI is InChI=1S/C14H16FN3/c1-2-8-3-9-4-12(16)11(15)5-10(9)14(8)13-6-17-7-18-13/h4-8,14H,2-3,16H2,1H3,(H,17,18). The highest BCUT2D eigenvalue weighted by molar-refractivity contribution is 5.51. The molecule has 2 unspecified atom stereocenters. The van der Waals surface area contributed by atoms with Crippen LogP contribution in [0.3, 0.4) is 0 Å². The van der Waals surface area contributed by atoms with Crippen LogP contribution in [0.25, 0.3) is 0 Å². The van der Waals surface area contributed by atoms with Gasteiger partial charge in [-0.3, -0.25) is 0 Å². The highest BCUT2D eigenvalue weighted by Gasteiger charge is 2.34. The lowest BCUT2D eigenvalue weighted by Crippen LogP contribution is -2.08. The lowest BCUT2D eigenvalue weighted by Gasteiger charge is -2.17. The summed E-state index contributed by atoms with van der Waals surface area (Å²) in [6.07, 6.45) is 5.52. The first-order valence-electron chi connectivity index (χ1n) is 6.26. The monoisotopic (exact) mass is 245 g/mol. The van der Waals surface area contributed by atoms with Crippen molar-refractivity contribution in [2.75, 3.05) is 5.73 Å². The minimum atomic E-state index is -0.324. The van der Waals surface area contributed by atoms with Gasteiger partial charge < -0.3 is 10.7 Å². The summed E-state index contributed by atoms with van der Waals surface area (Å²) < 4.78 is 13.7. The van der Waals surface area contributed by atoms with Gasteiger partial charge in [0.05, 0.1) is 12.0 Å². The summed E-state index contributed by atoms with van der Waals surface area (Å²) in [7, 11) is 0. The summed E-state index contributed by atoms with van der Waals surface area (Å²) in [6, 6.07) is 3.37. The Morgan fingerprint density at radius 2 is 2.33 bits per heavy atom. The first-order chi connectivity index (χ1) is 8.70. The summed E-state index contributed by atoms with van der Waals surface area (Å²) in [4.78, 5) is 7.23. The second-order valence-electron chi connectivity index (χ2n) is 4.93. The van der Waals surface area contributed by atoms with Gasteiger partial charge in [0.25, 0.3) is 0 Å². The summed E-state index contributed by atoms with van der Waals surface area (Å²) in [5.41, 5.74) is 9.17. The van der Waals surface area contributed by atoms with Gasteiger partial charge in [-0.25, -0.2) is 9.37 Å². The van der Waals surface area contributed by atoms with Crippen molar-refractivity contribution >= 4 is 5.69 Å². The molecule has 3 nitrogen and oxygen atoms in total. The lowest BCUT2D eigenvalue weighted by molar-refractivity contribution is 0.481. The zero-order chi connectivity index (χ0) is 12.7. The number of aromatic nitrogens is 2. The van der Waals surface area contributed by atoms with Crippen molar-refractivity contribution in [1.82, 2.24) is 9.97 Å². The zero-order valence-corrected chi connectivity index (χ0v) is 10.3. The molecule has 1 aromatic heterocycles. The largest absolute Gasteiger partial charge is 0.396 e. The van der Waals surface area contributed by atoms with Crippen LogP contribution in [0, 0.1) is 11.7 Å². The van der Waals surface area contributed by atoms with E-state index in [9.17, 15) is 4.39 Å². The molecule has 3 N–H and O–H groups in total. The molecule has 3 rings (SSSR count). The maximum absolute atomic E-state index is 13.7. The van der Waals surface area contributed by atoms with Crippen molar-refractivity contribution in [3.63, 3.8) is 0 Å². The third-order valence-electron chi connectivity index (χ3n) is 3.93. The molecule has 4 heteroatoms. The molecule has 0 amide bonds. The zero-order valence-electron chi connectivity index (χ0n) is 10.3. The van der Waals surface area contributed by atoms with Gasteiger partial charge >= 0.3 is 0 Å². The van der Waals surface area contributed by atoms with Crippen LogP contribution in [0.5, 0.6) is 0 Å². The van der Waals surface area contributed by atoms with E-state index in [0.717, 1.165) is 24.1 Å². The van der Waals surface area contributed by atoms with Gasteiger partial charge in [0.1, 0.15) is 5.82 Å². The van der Waals surface area contributed by atoms with Crippen molar-refractivity contribution in [2.45, 2.75) is 25.7 Å². The van der Waals surface area contributed by atoms with Crippen molar-refractivity contribution < 1.29 is 4.39 Å². The highest BCUT2D eigenvalue weighted by atomic mass is 19.1. The van der Waals surface area contributed by atoms with Gasteiger partial charge in [-0.05, 0) is 35.6 Å². The van der Waals surface area contributed by atoms with E-state index in [2.05, 4.69) is 16.9 Å². The summed E-state index contributed by atoms with van der Waals surface area (Å²) in [5.74, 6) is 0.374. The second-order valence-corrected chi connectivity index (χ2v) is 4.93. The number of hydrogen-bond donors (Lipinski definition) is 2. The number of nitrogens with zero attached hydrogens (tertiary/aromatic N) is 1. The van der Waals surface area contributed by atoms with Crippen LogP contribution >= 0.6 is 0 Å². The lowest BCUT2D eigenvalue weighted by atomic mass is 9.88. The van der Waals surface area contributed by atoms with Gasteiger partial charge in [0, 0.05) is 17.8 Å². The molecule has 0 fully saturated rings. The van der Waals surface area contributed by atoms with Crippen molar-refractivity contribution in [3.05, 3.63) is 47.3 Å². The average molecular weight is 245 g/mol. The molecule has 0 spiro atoms. The smallest absolute Gasteiger partial charge is 0.146 e. The topological polar surface area (TPSA) is 54.7 Å². The Balaban J connectivity index is 2.12. The number of rotatable bonds is 2. The number of H-pyrrole nitrogens is 1. The van der Waals surface area contributed by atoms with Crippen molar-refractivity contribution in [3.8, 4) is 0 Å². The summed E-state index contributed by atoms with van der Waals surface area (Å²) >= 11 is 0. The first kappa shape index (κ1) is 11.3. The van der Waals surface area contributed by atoms with Crippen LogP contribution in [-0.4, -0.2) is 9.97 Å². The van der Waals surface area contributed by atoms with E-state index < -0.39 is 0 Å². The summed E-state index contributed by atoms with van der Waals surface area (Å²) in [6.45, 7) is 2.17. The fourth-order valence-corrected chi connectivity index (χ4v) is 3.01. The van der Waals surface area contributed by atoms with Crippen LogP contribution < -0.4 is 5.73 Å². The van der Waals surface area contributed by atoms with Gasteiger partial charge in [0.2, 0.25) is 0 Å². The number of nitrogens with one attached hydrogen (secondary N) is 1. The predicted molar refractivity (Wildman–Crippen MR) is 68.7 cm³/mol. The average Bonchev–Trinajstić information content (AvgIpc) is 2.96. The molecule has 1 aliphatic carbocycles. The van der Waals surface area contributed by atoms with E-state index in [1.165, 1.54) is 5.56 Å². The number of nitrogen functional groups attached to an aromatic ring is 1. The van der Waals surface area contributed by atoms with E-state index in [1.807, 2.05) is 6.20 Å². The van der Waals surface area contributed by atoms with Crippen LogP contribution in [0.1, 0.15) is 36.1 Å². The molecule has 18 heavy (non-hydrogen) atoms. The Morgan fingerprint density at radius 3 is 3.00 bits per heavy atom. The third-order valence-corrected chi connectivity index (χ3v) is 3.93. The number of anilines is 1. The Bertz CT molecular complexity index is 563. The highest BCUT2D eigenvalue weighted by Crippen LogP contribution is 2.44. The Kier molecular flexibility index (Phi) is 2.58. The number of benzene rings is 1. The molecular formula is C14H16FN3. The molecule has 2 aromatic rings. The van der Waals surface area contributed by atoms with Crippen LogP contribution in [-0.2, 0) is 6.42 Å². The van der Waals surface area contributed by atoms with Crippen molar-refractivity contribution in [1.29, 1.82) is 0 Å². The number of halogens is 1. The minimum absolute atomic E-state index is 0.211. The number of hydrogen-bond acceptors (Lipinski definition) is 2. The number of aromatic amines is 1. The number of nitrogens with two attached hydrogens (primary N) is 1. The molecule has 2 atom stereocenters. The van der Waals surface area contributed by atoms with E-state index in [4.69, 9.17) is 5.73 Å². The molecule has 1 aliphatic rings. The molecule has 0 radical (unpaired) electrons.